The number of para-hydroxylation sites is 2. The summed E-state index contributed by atoms with van der Waals surface area (Å²) in [5.74, 6) is 1.60. The molecular weight excluding hydrogens is 393 g/mol. The fraction of sp³-hybridized carbons (Fsp3) is 0.111. The summed E-state index contributed by atoms with van der Waals surface area (Å²) in [6, 6.07) is 13.2. The van der Waals surface area contributed by atoms with Crippen LogP contribution >= 0.6 is 35.0 Å². The van der Waals surface area contributed by atoms with Crippen LogP contribution in [0.25, 0.3) is 22.4 Å². The summed E-state index contributed by atoms with van der Waals surface area (Å²) in [5.41, 5.74) is 1.92. The zero-order valence-corrected chi connectivity index (χ0v) is 15.7. The van der Waals surface area contributed by atoms with Crippen molar-refractivity contribution in [3.8, 4) is 17.2 Å². The van der Waals surface area contributed by atoms with Crippen LogP contribution in [-0.2, 0) is 0 Å². The van der Waals surface area contributed by atoms with E-state index in [1.54, 1.807) is 18.2 Å². The third-order valence-corrected chi connectivity index (χ3v) is 5.08. The Hall–Kier alpha value is -2.15. The first-order chi connectivity index (χ1) is 12.7. The van der Waals surface area contributed by atoms with Gasteiger partial charge in [0.15, 0.2) is 5.75 Å². The van der Waals surface area contributed by atoms with Gasteiger partial charge in [0.1, 0.15) is 0 Å². The summed E-state index contributed by atoms with van der Waals surface area (Å²) in [6.45, 7) is 0.416. The zero-order valence-electron chi connectivity index (χ0n) is 13.4. The van der Waals surface area contributed by atoms with Crippen LogP contribution in [0, 0.1) is 0 Å². The minimum atomic E-state index is 0.416. The van der Waals surface area contributed by atoms with Crippen molar-refractivity contribution in [3.05, 3.63) is 58.7 Å². The van der Waals surface area contributed by atoms with Gasteiger partial charge in [-0.05, 0) is 18.2 Å². The lowest BCUT2D eigenvalue weighted by atomic mass is 10.2. The standard InChI is InChI=1S/C18H13Cl2N3O2S/c19-13-5-3-6-14(20)16(13)24-8-9-26-18-23-22-17(25-18)12-10-21-15-7-2-1-4-11(12)15/h1-7,10,21H,8-9H2. The largest absolute Gasteiger partial charge is 0.490 e. The zero-order chi connectivity index (χ0) is 17.9. The molecule has 0 saturated heterocycles. The Bertz CT molecular complexity index is 1030. The van der Waals surface area contributed by atoms with Gasteiger partial charge in [-0.2, -0.15) is 0 Å². The maximum Gasteiger partial charge on any atom is 0.276 e. The molecule has 0 unspecified atom stereocenters. The van der Waals surface area contributed by atoms with E-state index in [4.69, 9.17) is 32.4 Å². The SMILES string of the molecule is Clc1cccc(Cl)c1OCCSc1nnc(-c2c[nH]c3ccccc23)o1. The van der Waals surface area contributed by atoms with Crippen molar-refractivity contribution in [2.75, 3.05) is 12.4 Å². The molecular formula is C18H13Cl2N3O2S. The number of ether oxygens (including phenoxy) is 1. The number of aromatic nitrogens is 3. The summed E-state index contributed by atoms with van der Waals surface area (Å²) in [5, 5.41) is 10.7. The fourth-order valence-electron chi connectivity index (χ4n) is 2.52. The van der Waals surface area contributed by atoms with E-state index in [0.29, 0.717) is 39.3 Å². The molecule has 2 heterocycles. The Labute approximate surface area is 163 Å². The summed E-state index contributed by atoms with van der Waals surface area (Å²) in [7, 11) is 0. The molecule has 4 rings (SSSR count). The van der Waals surface area contributed by atoms with Crippen LogP contribution in [0.4, 0.5) is 0 Å². The highest BCUT2D eigenvalue weighted by molar-refractivity contribution is 7.99. The van der Waals surface area contributed by atoms with Gasteiger partial charge in [-0.3, -0.25) is 0 Å². The molecule has 0 spiro atoms. The van der Waals surface area contributed by atoms with E-state index in [9.17, 15) is 0 Å². The molecule has 5 nitrogen and oxygen atoms in total. The van der Waals surface area contributed by atoms with Gasteiger partial charge in [-0.25, -0.2) is 0 Å². The maximum atomic E-state index is 6.07. The second-order valence-corrected chi connectivity index (χ2v) is 7.23. The minimum absolute atomic E-state index is 0.416. The topological polar surface area (TPSA) is 63.9 Å². The molecule has 26 heavy (non-hydrogen) atoms. The van der Waals surface area contributed by atoms with E-state index in [2.05, 4.69) is 15.2 Å². The average Bonchev–Trinajstić information content (AvgIpc) is 3.27. The third-order valence-electron chi connectivity index (χ3n) is 3.70. The molecule has 0 aliphatic rings. The van der Waals surface area contributed by atoms with Crippen molar-refractivity contribution in [2.45, 2.75) is 5.22 Å². The normalized spacial score (nSPS) is 11.2. The number of hydrogen-bond acceptors (Lipinski definition) is 5. The van der Waals surface area contributed by atoms with E-state index < -0.39 is 0 Å². The molecule has 0 atom stereocenters. The molecule has 2 aromatic heterocycles. The number of benzene rings is 2. The van der Waals surface area contributed by atoms with Gasteiger partial charge in [0.25, 0.3) is 11.1 Å². The Morgan fingerprint density at radius 2 is 1.85 bits per heavy atom. The highest BCUT2D eigenvalue weighted by Gasteiger charge is 2.13. The van der Waals surface area contributed by atoms with Gasteiger partial charge < -0.3 is 14.1 Å². The van der Waals surface area contributed by atoms with Crippen LogP contribution in [0.2, 0.25) is 10.0 Å². The number of H-pyrrole nitrogens is 1. The summed E-state index contributed by atoms with van der Waals surface area (Å²) in [6.07, 6.45) is 1.87. The smallest absolute Gasteiger partial charge is 0.276 e. The number of halogens is 2. The van der Waals surface area contributed by atoms with Gasteiger partial charge in [-0.1, -0.05) is 59.2 Å². The maximum absolute atomic E-state index is 6.07. The van der Waals surface area contributed by atoms with Gasteiger partial charge >= 0.3 is 0 Å². The third kappa shape index (κ3) is 3.53. The van der Waals surface area contributed by atoms with Gasteiger partial charge in [-0.15, -0.1) is 10.2 Å². The Kier molecular flexibility index (Phi) is 5.06. The molecule has 0 saturated carbocycles. The van der Waals surface area contributed by atoms with E-state index in [1.165, 1.54) is 11.8 Å². The van der Waals surface area contributed by atoms with Crippen LogP contribution in [0.1, 0.15) is 0 Å². The Balaban J connectivity index is 1.38. The molecule has 132 valence electrons. The van der Waals surface area contributed by atoms with E-state index in [0.717, 1.165) is 16.5 Å². The number of rotatable bonds is 6. The molecule has 0 fully saturated rings. The van der Waals surface area contributed by atoms with Crippen LogP contribution in [0.15, 0.2) is 58.3 Å². The van der Waals surface area contributed by atoms with E-state index in [1.807, 2.05) is 30.5 Å². The quantitative estimate of drug-likeness (QED) is 0.329. The van der Waals surface area contributed by atoms with Gasteiger partial charge in [0.2, 0.25) is 0 Å². The monoisotopic (exact) mass is 405 g/mol. The first-order valence-corrected chi connectivity index (χ1v) is 9.56. The van der Waals surface area contributed by atoms with Crippen molar-refractivity contribution in [1.29, 1.82) is 0 Å². The molecule has 4 aromatic rings. The van der Waals surface area contributed by atoms with Crippen LogP contribution in [0.3, 0.4) is 0 Å². The molecule has 1 N–H and O–H groups in total. The number of hydrogen-bond donors (Lipinski definition) is 1. The Morgan fingerprint density at radius 3 is 2.69 bits per heavy atom. The van der Waals surface area contributed by atoms with Crippen LogP contribution in [0.5, 0.6) is 5.75 Å². The van der Waals surface area contributed by atoms with Crippen molar-refractivity contribution >= 4 is 45.9 Å². The number of nitrogens with zero attached hydrogens (tertiary/aromatic N) is 2. The fourth-order valence-corrected chi connectivity index (χ4v) is 3.60. The van der Waals surface area contributed by atoms with Gasteiger partial charge in [0.05, 0.1) is 22.2 Å². The molecule has 0 bridgehead atoms. The Morgan fingerprint density at radius 1 is 1.04 bits per heavy atom. The van der Waals surface area contributed by atoms with E-state index in [-0.39, 0.29) is 0 Å². The lowest BCUT2D eigenvalue weighted by molar-refractivity contribution is 0.343. The summed E-state index contributed by atoms with van der Waals surface area (Å²) < 4.78 is 11.4. The number of thioether (sulfide) groups is 1. The highest BCUT2D eigenvalue weighted by Crippen LogP contribution is 2.33. The minimum Gasteiger partial charge on any atom is -0.490 e. The second kappa shape index (κ2) is 7.61. The molecule has 0 aliphatic heterocycles. The summed E-state index contributed by atoms with van der Waals surface area (Å²) in [4.78, 5) is 3.20. The lowest BCUT2D eigenvalue weighted by Crippen LogP contribution is -2.01. The second-order valence-electron chi connectivity index (χ2n) is 5.37. The number of aromatic amines is 1. The van der Waals surface area contributed by atoms with Crippen molar-refractivity contribution in [1.82, 2.24) is 15.2 Å². The molecule has 2 aromatic carbocycles. The molecule has 0 amide bonds. The molecule has 0 radical (unpaired) electrons. The van der Waals surface area contributed by atoms with Crippen molar-refractivity contribution in [2.24, 2.45) is 0 Å². The highest BCUT2D eigenvalue weighted by atomic mass is 35.5. The predicted octanol–water partition coefficient (Wildman–Crippen LogP) is 5.70. The predicted molar refractivity (Wildman–Crippen MR) is 104 cm³/mol. The first kappa shape index (κ1) is 17.3. The van der Waals surface area contributed by atoms with Gasteiger partial charge in [0, 0.05) is 22.9 Å². The lowest BCUT2D eigenvalue weighted by Gasteiger charge is -2.08. The number of fused-ring (bicyclic) bond motifs is 1. The molecule has 0 aliphatic carbocycles. The van der Waals surface area contributed by atoms with Crippen LogP contribution < -0.4 is 4.74 Å². The number of nitrogens with one attached hydrogen (secondary N) is 1. The average molecular weight is 406 g/mol. The van der Waals surface area contributed by atoms with E-state index >= 15 is 0 Å². The van der Waals surface area contributed by atoms with Crippen molar-refractivity contribution in [3.63, 3.8) is 0 Å². The van der Waals surface area contributed by atoms with Crippen LogP contribution in [-0.4, -0.2) is 27.5 Å². The summed E-state index contributed by atoms with van der Waals surface area (Å²) >= 11 is 13.6. The first-order valence-electron chi connectivity index (χ1n) is 7.82. The molecule has 8 heteroatoms. The van der Waals surface area contributed by atoms with Crippen molar-refractivity contribution < 1.29 is 9.15 Å².